The summed E-state index contributed by atoms with van der Waals surface area (Å²) in [7, 11) is 0. The van der Waals surface area contributed by atoms with E-state index < -0.39 is 30.1 Å². The first-order valence-corrected chi connectivity index (χ1v) is 11.6. The molecular formula is C27H29N3O5. The Kier molecular flexibility index (Phi) is 9.02. The lowest BCUT2D eigenvalue weighted by atomic mass is 9.98. The van der Waals surface area contributed by atoms with Crippen LogP contribution in [0.1, 0.15) is 49.1 Å². The van der Waals surface area contributed by atoms with Crippen molar-refractivity contribution in [2.45, 2.75) is 50.1 Å². The fourth-order valence-corrected chi connectivity index (χ4v) is 4.25. The van der Waals surface area contributed by atoms with Gasteiger partial charge in [0.15, 0.2) is 0 Å². The van der Waals surface area contributed by atoms with Crippen LogP contribution in [0.4, 0.5) is 4.79 Å². The molecule has 0 radical (unpaired) electrons. The van der Waals surface area contributed by atoms with E-state index in [0.29, 0.717) is 12.8 Å². The lowest BCUT2D eigenvalue weighted by Crippen LogP contribution is -2.51. The van der Waals surface area contributed by atoms with E-state index in [9.17, 15) is 19.5 Å². The molecule has 3 rings (SSSR count). The van der Waals surface area contributed by atoms with E-state index in [1.54, 1.807) is 6.08 Å². The van der Waals surface area contributed by atoms with Crippen LogP contribution in [0.25, 0.3) is 11.1 Å². The molecule has 8 heteroatoms. The number of ether oxygens (including phenoxy) is 1. The molecule has 2 aromatic rings. The van der Waals surface area contributed by atoms with Crippen LogP contribution in [0.3, 0.4) is 0 Å². The number of alkyl carbamates (subject to hydrolysis) is 1. The van der Waals surface area contributed by atoms with E-state index in [-0.39, 0.29) is 31.8 Å². The zero-order chi connectivity index (χ0) is 25.2. The van der Waals surface area contributed by atoms with Crippen LogP contribution in [0.5, 0.6) is 0 Å². The molecule has 0 saturated heterocycles. The van der Waals surface area contributed by atoms with E-state index in [2.05, 4.69) is 17.2 Å². The highest BCUT2D eigenvalue weighted by Crippen LogP contribution is 2.44. The van der Waals surface area contributed by atoms with Gasteiger partial charge in [-0.05, 0) is 47.9 Å². The standard InChI is InChI=1S/C27H29N3O5/c1-2-3-14-24(26(32)33)29-25(31)23(15-8-9-16-28)30-27(34)35-17-22-20-12-6-4-10-18(20)19-11-5-7-13-21(19)22/h2,4-7,10-13,22-24H,1,3,8-9,14-15,17H2,(H,29,31)(H,30,34)(H,32,33). The highest BCUT2D eigenvalue weighted by Gasteiger charge is 2.30. The molecule has 0 heterocycles. The molecule has 1 aliphatic rings. The summed E-state index contributed by atoms with van der Waals surface area (Å²) >= 11 is 0. The molecule has 0 aromatic heterocycles. The van der Waals surface area contributed by atoms with Gasteiger partial charge < -0.3 is 20.5 Å². The molecule has 0 aliphatic heterocycles. The number of carboxylic acid groups (broad SMARTS) is 1. The summed E-state index contributed by atoms with van der Waals surface area (Å²) in [5.41, 5.74) is 4.34. The van der Waals surface area contributed by atoms with Crippen molar-refractivity contribution >= 4 is 18.0 Å². The highest BCUT2D eigenvalue weighted by molar-refractivity contribution is 5.89. The van der Waals surface area contributed by atoms with E-state index in [4.69, 9.17) is 10.00 Å². The Morgan fingerprint density at radius 1 is 1.03 bits per heavy atom. The number of unbranched alkanes of at least 4 members (excludes halogenated alkanes) is 1. The van der Waals surface area contributed by atoms with Crippen LogP contribution in [-0.2, 0) is 14.3 Å². The maximum Gasteiger partial charge on any atom is 0.407 e. The molecule has 0 spiro atoms. The van der Waals surface area contributed by atoms with Gasteiger partial charge in [-0.1, -0.05) is 54.6 Å². The molecule has 8 nitrogen and oxygen atoms in total. The number of allylic oxidation sites excluding steroid dienone is 1. The first-order chi connectivity index (χ1) is 17.0. The number of amides is 2. The van der Waals surface area contributed by atoms with Crippen molar-refractivity contribution in [2.24, 2.45) is 0 Å². The lowest BCUT2D eigenvalue weighted by Gasteiger charge is -2.21. The Hall–Kier alpha value is -4.12. The van der Waals surface area contributed by atoms with Crippen molar-refractivity contribution < 1.29 is 24.2 Å². The van der Waals surface area contributed by atoms with E-state index in [1.165, 1.54) is 0 Å². The predicted octanol–water partition coefficient (Wildman–Crippen LogP) is 4.12. The van der Waals surface area contributed by atoms with Crippen LogP contribution >= 0.6 is 0 Å². The fourth-order valence-electron chi connectivity index (χ4n) is 4.25. The molecule has 35 heavy (non-hydrogen) atoms. The number of nitriles is 1. The summed E-state index contributed by atoms with van der Waals surface area (Å²) in [6.45, 7) is 3.65. The van der Waals surface area contributed by atoms with E-state index in [0.717, 1.165) is 22.3 Å². The number of carboxylic acids is 1. The number of rotatable bonds is 12. The summed E-state index contributed by atoms with van der Waals surface area (Å²) in [6.07, 6.45) is 2.13. The third kappa shape index (κ3) is 6.48. The maximum absolute atomic E-state index is 12.8. The summed E-state index contributed by atoms with van der Waals surface area (Å²) < 4.78 is 5.52. The Labute approximate surface area is 204 Å². The van der Waals surface area contributed by atoms with Crippen LogP contribution in [0.15, 0.2) is 61.2 Å². The Morgan fingerprint density at radius 3 is 2.23 bits per heavy atom. The minimum Gasteiger partial charge on any atom is -0.480 e. The number of hydrogen-bond acceptors (Lipinski definition) is 5. The van der Waals surface area contributed by atoms with Crippen LogP contribution in [0.2, 0.25) is 0 Å². The molecular weight excluding hydrogens is 446 g/mol. The quantitative estimate of drug-likeness (QED) is 0.313. The number of nitrogens with zero attached hydrogens (tertiary/aromatic N) is 1. The first-order valence-electron chi connectivity index (χ1n) is 11.6. The minimum absolute atomic E-state index is 0.0868. The smallest absolute Gasteiger partial charge is 0.407 e. The van der Waals surface area contributed by atoms with Crippen LogP contribution in [-0.4, -0.2) is 41.8 Å². The van der Waals surface area contributed by atoms with Gasteiger partial charge in [0.05, 0.1) is 6.07 Å². The van der Waals surface area contributed by atoms with Gasteiger partial charge in [0.2, 0.25) is 5.91 Å². The van der Waals surface area contributed by atoms with Gasteiger partial charge in [0.1, 0.15) is 18.7 Å². The Morgan fingerprint density at radius 2 is 1.66 bits per heavy atom. The summed E-state index contributed by atoms with van der Waals surface area (Å²) in [5, 5.41) is 23.2. The van der Waals surface area contributed by atoms with Crippen molar-refractivity contribution in [3.05, 3.63) is 72.3 Å². The SMILES string of the molecule is C=CCCC(NC(=O)C(CCCC#N)NC(=O)OCC1c2ccccc2-c2ccccc21)C(=O)O. The van der Waals surface area contributed by atoms with Gasteiger partial charge >= 0.3 is 12.1 Å². The Balaban J connectivity index is 1.65. The molecule has 2 amide bonds. The molecule has 2 atom stereocenters. The van der Waals surface area contributed by atoms with Gasteiger partial charge in [-0.25, -0.2) is 9.59 Å². The number of nitrogens with one attached hydrogen (secondary N) is 2. The number of carbonyl (C=O) groups excluding carboxylic acids is 2. The zero-order valence-corrected chi connectivity index (χ0v) is 19.4. The van der Waals surface area contributed by atoms with Crippen molar-refractivity contribution in [3.8, 4) is 17.2 Å². The fraction of sp³-hybridized carbons (Fsp3) is 0.333. The molecule has 0 bridgehead atoms. The number of hydrogen-bond donors (Lipinski definition) is 3. The third-order valence-electron chi connectivity index (χ3n) is 6.01. The first kappa shape index (κ1) is 25.5. The topological polar surface area (TPSA) is 129 Å². The van der Waals surface area contributed by atoms with Gasteiger partial charge in [0, 0.05) is 12.3 Å². The van der Waals surface area contributed by atoms with Gasteiger partial charge in [-0.2, -0.15) is 5.26 Å². The third-order valence-corrected chi connectivity index (χ3v) is 6.01. The van der Waals surface area contributed by atoms with E-state index in [1.807, 2.05) is 54.6 Å². The minimum atomic E-state index is -1.17. The molecule has 182 valence electrons. The number of fused-ring (bicyclic) bond motifs is 3. The lowest BCUT2D eigenvalue weighted by molar-refractivity contribution is -0.142. The second-order valence-corrected chi connectivity index (χ2v) is 8.34. The van der Waals surface area contributed by atoms with Crippen LogP contribution < -0.4 is 10.6 Å². The second-order valence-electron chi connectivity index (χ2n) is 8.34. The molecule has 0 fully saturated rings. The van der Waals surface area contributed by atoms with Gasteiger partial charge in [0.25, 0.3) is 0 Å². The van der Waals surface area contributed by atoms with Crippen molar-refractivity contribution in [1.29, 1.82) is 5.26 Å². The number of aliphatic carboxylic acids is 1. The van der Waals surface area contributed by atoms with Gasteiger partial charge in [-0.3, -0.25) is 4.79 Å². The molecule has 3 N–H and O–H groups in total. The number of carbonyl (C=O) groups is 3. The predicted molar refractivity (Wildman–Crippen MR) is 130 cm³/mol. The largest absolute Gasteiger partial charge is 0.480 e. The van der Waals surface area contributed by atoms with E-state index >= 15 is 0 Å². The second kappa shape index (κ2) is 12.4. The average Bonchev–Trinajstić information content (AvgIpc) is 3.18. The number of benzene rings is 2. The molecule has 2 aromatic carbocycles. The average molecular weight is 476 g/mol. The van der Waals surface area contributed by atoms with Crippen molar-refractivity contribution in [1.82, 2.24) is 10.6 Å². The van der Waals surface area contributed by atoms with Crippen LogP contribution in [0, 0.1) is 11.3 Å². The van der Waals surface area contributed by atoms with Crippen molar-refractivity contribution in [3.63, 3.8) is 0 Å². The summed E-state index contributed by atoms with van der Waals surface area (Å²) in [5.74, 6) is -1.93. The maximum atomic E-state index is 12.8. The molecule has 2 unspecified atom stereocenters. The molecule has 0 saturated carbocycles. The summed E-state index contributed by atoms with van der Waals surface area (Å²) in [6, 6.07) is 15.8. The van der Waals surface area contributed by atoms with Gasteiger partial charge in [-0.15, -0.1) is 6.58 Å². The van der Waals surface area contributed by atoms with Crippen molar-refractivity contribution in [2.75, 3.05) is 6.61 Å². The zero-order valence-electron chi connectivity index (χ0n) is 19.4. The Bertz CT molecular complexity index is 1080. The monoisotopic (exact) mass is 475 g/mol. The molecule has 1 aliphatic carbocycles. The highest BCUT2D eigenvalue weighted by atomic mass is 16.5. The summed E-state index contributed by atoms with van der Waals surface area (Å²) in [4.78, 5) is 36.9. The normalized spacial score (nSPS) is 13.5.